The van der Waals surface area contributed by atoms with Crippen LogP contribution in [0.3, 0.4) is 0 Å². The van der Waals surface area contributed by atoms with Crippen LogP contribution in [0.1, 0.15) is 18.4 Å². The van der Waals surface area contributed by atoms with Crippen LogP contribution < -0.4 is 4.74 Å². The topological polar surface area (TPSA) is 49.9 Å². The molecule has 1 saturated heterocycles. The Morgan fingerprint density at radius 1 is 1.20 bits per heavy atom. The molecule has 0 atom stereocenters. The molecule has 1 aromatic carbocycles. The lowest BCUT2D eigenvalue weighted by Gasteiger charge is -2.23. The van der Waals surface area contributed by atoms with E-state index in [1.54, 1.807) is 11.4 Å². The highest BCUT2D eigenvalue weighted by Gasteiger charge is 2.28. The number of hydrogen-bond donors (Lipinski definition) is 0. The summed E-state index contributed by atoms with van der Waals surface area (Å²) in [7, 11) is -1.71. The first-order valence-electron chi connectivity index (χ1n) is 6.91. The zero-order valence-electron chi connectivity index (χ0n) is 12.1. The zero-order valence-corrected chi connectivity index (χ0v) is 12.9. The van der Waals surface area contributed by atoms with Gasteiger partial charge >= 0.3 is 0 Å². The lowest BCUT2D eigenvalue weighted by Crippen LogP contribution is -2.41. The first-order chi connectivity index (χ1) is 9.50. The summed E-state index contributed by atoms with van der Waals surface area (Å²) in [5, 5.41) is 0. The van der Waals surface area contributed by atoms with Crippen LogP contribution >= 0.6 is 0 Å². The molecular weight excluding hydrogens is 276 g/mol. The predicted molar refractivity (Wildman–Crippen MR) is 79.0 cm³/mol. The average molecular weight is 298 g/mol. The molecule has 0 saturated carbocycles. The van der Waals surface area contributed by atoms with Gasteiger partial charge in [0, 0.05) is 26.7 Å². The molecule has 5 nitrogen and oxygen atoms in total. The fraction of sp³-hybridized carbons (Fsp3) is 0.571. The molecule has 0 aliphatic carbocycles. The molecule has 0 unspecified atom stereocenters. The van der Waals surface area contributed by atoms with Gasteiger partial charge < -0.3 is 4.74 Å². The molecule has 1 fully saturated rings. The van der Waals surface area contributed by atoms with Gasteiger partial charge in [-0.2, -0.15) is 17.0 Å². The predicted octanol–water partition coefficient (Wildman–Crippen LogP) is 1.65. The third-order valence-electron chi connectivity index (χ3n) is 3.48. The first-order valence-corrected chi connectivity index (χ1v) is 8.31. The number of nitrogens with zero attached hydrogens (tertiary/aromatic N) is 2. The van der Waals surface area contributed by atoms with Gasteiger partial charge in [-0.1, -0.05) is 17.7 Å². The van der Waals surface area contributed by atoms with Crippen molar-refractivity contribution in [2.45, 2.75) is 19.8 Å². The second-order valence-corrected chi connectivity index (χ2v) is 7.13. The molecule has 0 bridgehead atoms. The van der Waals surface area contributed by atoms with Gasteiger partial charge in [0.15, 0.2) is 0 Å². The summed E-state index contributed by atoms with van der Waals surface area (Å²) >= 11 is 0. The Kier molecular flexibility index (Phi) is 5.01. The van der Waals surface area contributed by atoms with Crippen LogP contribution in [0.4, 0.5) is 0 Å². The number of likely N-dealkylation sites (N-methyl/N-ethyl adjacent to an activating group) is 1. The standard InChI is InChI=1S/C14H22N2O3S/c1-13-5-7-14(8-6-13)19-12-11-15(2)20(17,18)16-9-3-4-10-16/h5-8H,3-4,9-12H2,1-2H3. The van der Waals surface area contributed by atoms with Crippen LogP contribution in [-0.2, 0) is 10.2 Å². The maximum atomic E-state index is 12.2. The fourth-order valence-electron chi connectivity index (χ4n) is 2.16. The Balaban J connectivity index is 1.82. The highest BCUT2D eigenvalue weighted by Crippen LogP contribution is 2.15. The summed E-state index contributed by atoms with van der Waals surface area (Å²) < 4.78 is 32.9. The van der Waals surface area contributed by atoms with Gasteiger partial charge in [-0.3, -0.25) is 0 Å². The summed E-state index contributed by atoms with van der Waals surface area (Å²) in [6.45, 7) is 3.98. The maximum absolute atomic E-state index is 12.2. The first kappa shape index (κ1) is 15.3. The van der Waals surface area contributed by atoms with Gasteiger partial charge in [-0.15, -0.1) is 0 Å². The number of rotatable bonds is 6. The highest BCUT2D eigenvalue weighted by molar-refractivity contribution is 7.86. The van der Waals surface area contributed by atoms with E-state index in [0.29, 0.717) is 26.2 Å². The Bertz CT molecular complexity index is 522. The molecule has 20 heavy (non-hydrogen) atoms. The molecule has 0 amide bonds. The summed E-state index contributed by atoms with van der Waals surface area (Å²) in [6, 6.07) is 7.73. The van der Waals surface area contributed by atoms with Crippen molar-refractivity contribution < 1.29 is 13.2 Å². The molecule has 1 heterocycles. The smallest absolute Gasteiger partial charge is 0.281 e. The lowest BCUT2D eigenvalue weighted by molar-refractivity contribution is 0.279. The fourth-order valence-corrected chi connectivity index (χ4v) is 3.58. The van der Waals surface area contributed by atoms with Crippen molar-refractivity contribution in [2.75, 3.05) is 33.3 Å². The summed E-state index contributed by atoms with van der Waals surface area (Å²) in [5.74, 6) is 0.766. The van der Waals surface area contributed by atoms with E-state index in [1.165, 1.54) is 9.87 Å². The third-order valence-corrected chi connectivity index (χ3v) is 5.47. The van der Waals surface area contributed by atoms with Gasteiger partial charge in [-0.05, 0) is 31.9 Å². The van der Waals surface area contributed by atoms with E-state index >= 15 is 0 Å². The molecule has 1 aromatic rings. The molecule has 1 aliphatic heterocycles. The number of aryl methyl sites for hydroxylation is 1. The minimum atomic E-state index is -3.31. The van der Waals surface area contributed by atoms with Crippen molar-refractivity contribution in [3.63, 3.8) is 0 Å². The van der Waals surface area contributed by atoms with E-state index in [0.717, 1.165) is 18.6 Å². The molecule has 112 valence electrons. The van der Waals surface area contributed by atoms with Gasteiger partial charge in [-0.25, -0.2) is 0 Å². The minimum Gasteiger partial charge on any atom is -0.492 e. The second-order valence-electron chi connectivity index (χ2n) is 5.10. The summed E-state index contributed by atoms with van der Waals surface area (Å²) in [6.07, 6.45) is 1.90. The molecular formula is C14H22N2O3S. The Morgan fingerprint density at radius 3 is 2.40 bits per heavy atom. The Labute approximate surface area is 121 Å². The minimum absolute atomic E-state index is 0.354. The van der Waals surface area contributed by atoms with E-state index in [2.05, 4.69) is 0 Å². The van der Waals surface area contributed by atoms with Crippen molar-refractivity contribution in [3.8, 4) is 5.75 Å². The monoisotopic (exact) mass is 298 g/mol. The van der Waals surface area contributed by atoms with Gasteiger partial charge in [0.1, 0.15) is 12.4 Å². The van der Waals surface area contributed by atoms with E-state index in [4.69, 9.17) is 4.74 Å². The summed E-state index contributed by atoms with van der Waals surface area (Å²) in [5.41, 5.74) is 1.17. The molecule has 0 radical (unpaired) electrons. The van der Waals surface area contributed by atoms with Crippen molar-refractivity contribution >= 4 is 10.2 Å². The molecule has 1 aliphatic rings. The highest BCUT2D eigenvalue weighted by atomic mass is 32.2. The number of benzene rings is 1. The largest absolute Gasteiger partial charge is 0.492 e. The van der Waals surface area contributed by atoms with Crippen LogP contribution in [0, 0.1) is 6.92 Å². The SMILES string of the molecule is Cc1ccc(OCCN(C)S(=O)(=O)N2CCCC2)cc1. The molecule has 0 spiro atoms. The zero-order chi connectivity index (χ0) is 14.6. The molecule has 0 aromatic heterocycles. The average Bonchev–Trinajstić information content (AvgIpc) is 2.95. The Hall–Kier alpha value is -1.11. The number of hydrogen-bond acceptors (Lipinski definition) is 3. The van der Waals surface area contributed by atoms with E-state index in [-0.39, 0.29) is 0 Å². The van der Waals surface area contributed by atoms with Crippen LogP contribution in [0.5, 0.6) is 5.75 Å². The van der Waals surface area contributed by atoms with Gasteiger partial charge in [0.05, 0.1) is 0 Å². The van der Waals surface area contributed by atoms with Gasteiger partial charge in [0.2, 0.25) is 0 Å². The van der Waals surface area contributed by atoms with Crippen molar-refractivity contribution in [1.29, 1.82) is 0 Å². The van der Waals surface area contributed by atoms with Crippen LogP contribution in [0.25, 0.3) is 0 Å². The van der Waals surface area contributed by atoms with Crippen molar-refractivity contribution in [2.24, 2.45) is 0 Å². The van der Waals surface area contributed by atoms with Crippen LogP contribution in [0.2, 0.25) is 0 Å². The van der Waals surface area contributed by atoms with Crippen molar-refractivity contribution in [3.05, 3.63) is 29.8 Å². The number of ether oxygens (including phenoxy) is 1. The third kappa shape index (κ3) is 3.71. The van der Waals surface area contributed by atoms with Crippen molar-refractivity contribution in [1.82, 2.24) is 8.61 Å². The lowest BCUT2D eigenvalue weighted by atomic mass is 10.2. The maximum Gasteiger partial charge on any atom is 0.281 e. The van der Waals surface area contributed by atoms with E-state index < -0.39 is 10.2 Å². The molecule has 0 N–H and O–H groups in total. The normalized spacial score (nSPS) is 16.8. The van der Waals surface area contributed by atoms with Gasteiger partial charge in [0.25, 0.3) is 10.2 Å². The van der Waals surface area contributed by atoms with E-state index in [1.807, 2.05) is 31.2 Å². The quantitative estimate of drug-likeness (QED) is 0.802. The summed E-state index contributed by atoms with van der Waals surface area (Å²) in [4.78, 5) is 0. The molecule has 2 rings (SSSR count). The Morgan fingerprint density at radius 2 is 1.80 bits per heavy atom. The van der Waals surface area contributed by atoms with Crippen LogP contribution in [-0.4, -0.2) is 50.3 Å². The second kappa shape index (κ2) is 6.56. The van der Waals surface area contributed by atoms with Crippen LogP contribution in [0.15, 0.2) is 24.3 Å². The van der Waals surface area contributed by atoms with E-state index in [9.17, 15) is 8.42 Å². The molecule has 6 heteroatoms.